The SMILES string of the molecule is CNC1(C)CCN(Cc2cccc(OC)c2)CC1. The zero-order chi connectivity index (χ0) is 13.0. The lowest BCUT2D eigenvalue weighted by Gasteiger charge is -2.39. The van der Waals surface area contributed by atoms with Crippen molar-refractivity contribution in [2.24, 2.45) is 0 Å². The van der Waals surface area contributed by atoms with Crippen LogP contribution in [0.2, 0.25) is 0 Å². The highest BCUT2D eigenvalue weighted by molar-refractivity contribution is 5.28. The molecule has 1 saturated heterocycles. The second-order valence-corrected chi connectivity index (χ2v) is 5.44. The first kappa shape index (κ1) is 13.4. The molecule has 0 atom stereocenters. The third-order valence-electron chi connectivity index (χ3n) is 4.10. The van der Waals surface area contributed by atoms with Crippen molar-refractivity contribution in [2.75, 3.05) is 27.2 Å². The molecular weight excluding hydrogens is 224 g/mol. The highest BCUT2D eigenvalue weighted by Crippen LogP contribution is 2.23. The maximum atomic E-state index is 5.27. The van der Waals surface area contributed by atoms with Gasteiger partial charge in [0.05, 0.1) is 7.11 Å². The fourth-order valence-corrected chi connectivity index (χ4v) is 2.48. The minimum Gasteiger partial charge on any atom is -0.497 e. The molecule has 0 amide bonds. The number of nitrogens with zero attached hydrogens (tertiary/aromatic N) is 1. The van der Waals surface area contributed by atoms with Gasteiger partial charge in [0.1, 0.15) is 5.75 Å². The molecule has 1 aromatic rings. The van der Waals surface area contributed by atoms with Gasteiger partial charge in [0.25, 0.3) is 0 Å². The van der Waals surface area contributed by atoms with Crippen molar-refractivity contribution in [2.45, 2.75) is 31.8 Å². The van der Waals surface area contributed by atoms with E-state index in [1.807, 2.05) is 6.07 Å². The molecule has 3 heteroatoms. The molecule has 2 rings (SSSR count). The van der Waals surface area contributed by atoms with Crippen LogP contribution in [0.3, 0.4) is 0 Å². The van der Waals surface area contributed by atoms with Crippen LogP contribution in [-0.2, 0) is 6.54 Å². The second kappa shape index (κ2) is 5.72. The summed E-state index contributed by atoms with van der Waals surface area (Å²) in [7, 11) is 3.79. The first-order valence-electron chi connectivity index (χ1n) is 6.69. The lowest BCUT2D eigenvalue weighted by molar-refractivity contribution is 0.146. The van der Waals surface area contributed by atoms with Gasteiger partial charge in [-0.1, -0.05) is 12.1 Å². The number of ether oxygens (including phenoxy) is 1. The summed E-state index contributed by atoms with van der Waals surface area (Å²) in [6.07, 6.45) is 2.43. The van der Waals surface area contributed by atoms with Gasteiger partial charge >= 0.3 is 0 Å². The van der Waals surface area contributed by atoms with Crippen molar-refractivity contribution in [1.82, 2.24) is 10.2 Å². The molecule has 1 aliphatic rings. The molecular formula is C15H24N2O. The summed E-state index contributed by atoms with van der Waals surface area (Å²) in [6.45, 7) is 5.66. The van der Waals surface area contributed by atoms with Crippen molar-refractivity contribution in [1.29, 1.82) is 0 Å². The summed E-state index contributed by atoms with van der Waals surface area (Å²) in [6, 6.07) is 8.37. The quantitative estimate of drug-likeness (QED) is 0.884. The topological polar surface area (TPSA) is 24.5 Å². The van der Waals surface area contributed by atoms with Crippen LogP contribution in [0.1, 0.15) is 25.3 Å². The van der Waals surface area contributed by atoms with E-state index < -0.39 is 0 Å². The summed E-state index contributed by atoms with van der Waals surface area (Å²) >= 11 is 0. The van der Waals surface area contributed by atoms with E-state index in [9.17, 15) is 0 Å². The van der Waals surface area contributed by atoms with Crippen LogP contribution in [0.15, 0.2) is 24.3 Å². The van der Waals surface area contributed by atoms with Crippen LogP contribution >= 0.6 is 0 Å². The van der Waals surface area contributed by atoms with E-state index in [0.717, 1.165) is 25.4 Å². The molecule has 3 nitrogen and oxygen atoms in total. The zero-order valence-electron chi connectivity index (χ0n) is 11.7. The van der Waals surface area contributed by atoms with Crippen LogP contribution in [0.5, 0.6) is 5.75 Å². The molecule has 100 valence electrons. The second-order valence-electron chi connectivity index (χ2n) is 5.44. The first-order chi connectivity index (χ1) is 8.65. The van der Waals surface area contributed by atoms with Gasteiger partial charge in [0.15, 0.2) is 0 Å². The Bertz CT molecular complexity index is 384. The molecule has 1 fully saturated rings. The van der Waals surface area contributed by atoms with E-state index in [4.69, 9.17) is 4.74 Å². The van der Waals surface area contributed by atoms with Crippen LogP contribution in [0.4, 0.5) is 0 Å². The average Bonchev–Trinajstić information content (AvgIpc) is 2.42. The molecule has 0 bridgehead atoms. The molecule has 0 aliphatic carbocycles. The number of likely N-dealkylation sites (tertiary alicyclic amines) is 1. The molecule has 1 heterocycles. The van der Waals surface area contributed by atoms with Crippen LogP contribution < -0.4 is 10.1 Å². The summed E-state index contributed by atoms with van der Waals surface area (Å²) < 4.78 is 5.27. The Morgan fingerprint density at radius 1 is 1.33 bits per heavy atom. The number of piperidine rings is 1. The molecule has 1 aliphatic heterocycles. The molecule has 0 spiro atoms. The van der Waals surface area contributed by atoms with Crippen LogP contribution in [0.25, 0.3) is 0 Å². The van der Waals surface area contributed by atoms with E-state index in [-0.39, 0.29) is 0 Å². The number of hydrogen-bond donors (Lipinski definition) is 1. The summed E-state index contributed by atoms with van der Waals surface area (Å²) in [5.41, 5.74) is 1.66. The number of rotatable bonds is 4. The van der Waals surface area contributed by atoms with Gasteiger partial charge in [-0.05, 0) is 44.5 Å². The third kappa shape index (κ3) is 3.24. The van der Waals surface area contributed by atoms with Crippen molar-refractivity contribution < 1.29 is 4.74 Å². The molecule has 0 aromatic heterocycles. The van der Waals surface area contributed by atoms with Gasteiger partial charge in [-0.3, -0.25) is 4.90 Å². The first-order valence-corrected chi connectivity index (χ1v) is 6.69. The largest absolute Gasteiger partial charge is 0.497 e. The molecule has 0 unspecified atom stereocenters. The fraction of sp³-hybridized carbons (Fsp3) is 0.600. The van der Waals surface area contributed by atoms with E-state index in [0.29, 0.717) is 5.54 Å². The number of nitrogens with one attached hydrogen (secondary N) is 1. The summed E-state index contributed by atoms with van der Waals surface area (Å²) in [5.74, 6) is 0.949. The molecule has 1 N–H and O–H groups in total. The van der Waals surface area contributed by atoms with Gasteiger partial charge in [0, 0.05) is 25.2 Å². The van der Waals surface area contributed by atoms with Crippen molar-refractivity contribution in [3.8, 4) is 5.75 Å². The van der Waals surface area contributed by atoms with Crippen molar-refractivity contribution in [3.63, 3.8) is 0 Å². The maximum Gasteiger partial charge on any atom is 0.119 e. The number of hydrogen-bond acceptors (Lipinski definition) is 3. The normalized spacial score (nSPS) is 19.7. The Kier molecular flexibility index (Phi) is 4.25. The molecule has 18 heavy (non-hydrogen) atoms. The van der Waals surface area contributed by atoms with E-state index in [1.54, 1.807) is 7.11 Å². The van der Waals surface area contributed by atoms with Gasteiger partial charge in [-0.25, -0.2) is 0 Å². The Morgan fingerprint density at radius 3 is 2.67 bits per heavy atom. The molecule has 1 aromatic carbocycles. The number of benzene rings is 1. The monoisotopic (exact) mass is 248 g/mol. The highest BCUT2D eigenvalue weighted by atomic mass is 16.5. The summed E-state index contributed by atoms with van der Waals surface area (Å²) in [4.78, 5) is 2.52. The third-order valence-corrected chi connectivity index (χ3v) is 4.10. The lowest BCUT2D eigenvalue weighted by atomic mass is 9.90. The summed E-state index contributed by atoms with van der Waals surface area (Å²) in [5, 5.41) is 3.44. The fourth-order valence-electron chi connectivity index (χ4n) is 2.48. The van der Waals surface area contributed by atoms with Gasteiger partial charge in [-0.15, -0.1) is 0 Å². The highest BCUT2D eigenvalue weighted by Gasteiger charge is 2.27. The van der Waals surface area contributed by atoms with Crippen LogP contribution in [-0.4, -0.2) is 37.7 Å². The van der Waals surface area contributed by atoms with Crippen molar-refractivity contribution in [3.05, 3.63) is 29.8 Å². The maximum absolute atomic E-state index is 5.27. The van der Waals surface area contributed by atoms with E-state index in [1.165, 1.54) is 18.4 Å². The predicted molar refractivity (Wildman–Crippen MR) is 75.0 cm³/mol. The standard InChI is InChI=1S/C15H24N2O/c1-15(16-2)7-9-17(10-8-15)12-13-5-4-6-14(11-13)18-3/h4-6,11,16H,7-10,12H2,1-3H3. The van der Waals surface area contributed by atoms with Crippen molar-refractivity contribution >= 4 is 0 Å². The molecule has 0 radical (unpaired) electrons. The Morgan fingerprint density at radius 2 is 2.06 bits per heavy atom. The number of methoxy groups -OCH3 is 1. The Balaban J connectivity index is 1.91. The van der Waals surface area contributed by atoms with Gasteiger partial charge in [0.2, 0.25) is 0 Å². The smallest absolute Gasteiger partial charge is 0.119 e. The minimum atomic E-state index is 0.324. The van der Waals surface area contributed by atoms with Gasteiger partial charge in [-0.2, -0.15) is 0 Å². The average molecular weight is 248 g/mol. The Hall–Kier alpha value is -1.06. The Labute approximate surface area is 110 Å². The van der Waals surface area contributed by atoms with Crippen LogP contribution in [0, 0.1) is 0 Å². The van der Waals surface area contributed by atoms with E-state index >= 15 is 0 Å². The predicted octanol–water partition coefficient (Wildman–Crippen LogP) is 2.27. The lowest BCUT2D eigenvalue weighted by Crippen LogP contribution is -2.49. The van der Waals surface area contributed by atoms with Gasteiger partial charge < -0.3 is 10.1 Å². The zero-order valence-corrected chi connectivity index (χ0v) is 11.7. The minimum absolute atomic E-state index is 0.324. The molecule has 0 saturated carbocycles. The van der Waals surface area contributed by atoms with E-state index in [2.05, 4.69) is 42.4 Å².